The van der Waals surface area contributed by atoms with E-state index in [1.165, 1.54) is 11.3 Å². The van der Waals surface area contributed by atoms with Crippen molar-refractivity contribution in [1.82, 2.24) is 10.3 Å². The maximum atomic E-state index is 11.9. The summed E-state index contributed by atoms with van der Waals surface area (Å²) < 4.78 is 5.07. The highest BCUT2D eigenvalue weighted by Gasteiger charge is 2.35. The van der Waals surface area contributed by atoms with Gasteiger partial charge in [0, 0.05) is 0 Å². The van der Waals surface area contributed by atoms with Crippen LogP contribution in [0.15, 0.2) is 5.51 Å². The Hall–Kier alpha value is -1.47. The summed E-state index contributed by atoms with van der Waals surface area (Å²) >= 11 is 1.24. The highest BCUT2D eigenvalue weighted by Crippen LogP contribution is 2.17. The van der Waals surface area contributed by atoms with Crippen molar-refractivity contribution in [2.24, 2.45) is 5.92 Å². The second kappa shape index (κ2) is 4.80. The maximum Gasteiger partial charge on any atom is 0.311 e. The van der Waals surface area contributed by atoms with Gasteiger partial charge in [0.1, 0.15) is 10.8 Å². The summed E-state index contributed by atoms with van der Waals surface area (Å²) in [7, 11) is 0. The van der Waals surface area contributed by atoms with Gasteiger partial charge in [-0.3, -0.25) is 9.59 Å². The van der Waals surface area contributed by atoms with Crippen LogP contribution in [0.25, 0.3) is 0 Å². The van der Waals surface area contributed by atoms with E-state index in [4.69, 9.17) is 9.84 Å². The Kier molecular flexibility index (Phi) is 3.39. The molecule has 2 N–H and O–H groups in total. The number of thiazole rings is 1. The van der Waals surface area contributed by atoms with Crippen molar-refractivity contribution in [3.63, 3.8) is 0 Å². The summed E-state index contributed by atoms with van der Waals surface area (Å²) in [6.45, 7) is 2.12. The smallest absolute Gasteiger partial charge is 0.311 e. The van der Waals surface area contributed by atoms with Gasteiger partial charge in [-0.1, -0.05) is 0 Å². The van der Waals surface area contributed by atoms with Gasteiger partial charge in [0.25, 0.3) is 5.91 Å². The molecule has 7 heteroatoms. The molecule has 2 atom stereocenters. The van der Waals surface area contributed by atoms with E-state index < -0.39 is 17.9 Å². The number of carboxylic acid groups (broad SMARTS) is 1. The van der Waals surface area contributed by atoms with Crippen LogP contribution in [-0.4, -0.2) is 41.2 Å². The summed E-state index contributed by atoms with van der Waals surface area (Å²) in [5.41, 5.74) is 2.24. The number of carbonyl (C=O) groups is 2. The van der Waals surface area contributed by atoms with Crippen molar-refractivity contribution in [2.75, 3.05) is 13.2 Å². The van der Waals surface area contributed by atoms with Crippen LogP contribution >= 0.6 is 11.3 Å². The molecule has 0 aliphatic carbocycles. The zero-order valence-corrected chi connectivity index (χ0v) is 9.99. The molecule has 1 amide bonds. The maximum absolute atomic E-state index is 11.9. The monoisotopic (exact) mass is 256 g/mol. The zero-order valence-electron chi connectivity index (χ0n) is 9.17. The highest BCUT2D eigenvalue weighted by atomic mass is 32.1. The van der Waals surface area contributed by atoms with Crippen molar-refractivity contribution >= 4 is 23.2 Å². The SMILES string of the molecule is Cc1ncsc1C(=O)NC1COCC1C(=O)O. The number of aromatic nitrogens is 1. The van der Waals surface area contributed by atoms with Crippen molar-refractivity contribution in [1.29, 1.82) is 0 Å². The number of aryl methyl sites for hydroxylation is 1. The Bertz CT molecular complexity index is 445. The Morgan fingerprint density at radius 2 is 2.35 bits per heavy atom. The molecule has 1 aliphatic heterocycles. The number of nitrogens with zero attached hydrogens (tertiary/aromatic N) is 1. The molecule has 2 heterocycles. The zero-order chi connectivity index (χ0) is 12.4. The first kappa shape index (κ1) is 12.0. The van der Waals surface area contributed by atoms with Gasteiger partial charge in [-0.15, -0.1) is 11.3 Å². The van der Waals surface area contributed by atoms with E-state index in [0.29, 0.717) is 10.6 Å². The molecule has 1 saturated heterocycles. The first-order chi connectivity index (χ1) is 8.09. The number of carboxylic acids is 1. The lowest BCUT2D eigenvalue weighted by Crippen LogP contribution is -2.42. The number of carbonyl (C=O) groups excluding carboxylic acids is 1. The summed E-state index contributed by atoms with van der Waals surface area (Å²) in [6, 6.07) is -0.471. The van der Waals surface area contributed by atoms with Gasteiger partial charge >= 0.3 is 5.97 Å². The minimum atomic E-state index is -0.950. The van der Waals surface area contributed by atoms with Crippen molar-refractivity contribution in [3.8, 4) is 0 Å². The van der Waals surface area contributed by atoms with Crippen molar-refractivity contribution in [3.05, 3.63) is 16.1 Å². The van der Waals surface area contributed by atoms with Gasteiger partial charge in [-0.25, -0.2) is 4.98 Å². The predicted octanol–water partition coefficient (Wildman–Crippen LogP) is 0.281. The average Bonchev–Trinajstić information content (AvgIpc) is 2.86. The van der Waals surface area contributed by atoms with Crippen LogP contribution < -0.4 is 5.32 Å². The Morgan fingerprint density at radius 3 is 2.94 bits per heavy atom. The number of aliphatic carboxylic acids is 1. The molecule has 17 heavy (non-hydrogen) atoms. The minimum absolute atomic E-state index is 0.141. The summed E-state index contributed by atoms with van der Waals surface area (Å²) in [4.78, 5) is 27.3. The lowest BCUT2D eigenvalue weighted by Gasteiger charge is -2.14. The Balaban J connectivity index is 2.04. The number of amides is 1. The highest BCUT2D eigenvalue weighted by molar-refractivity contribution is 7.11. The Labute approximate surface area is 102 Å². The van der Waals surface area contributed by atoms with E-state index in [-0.39, 0.29) is 19.1 Å². The third-order valence-electron chi connectivity index (χ3n) is 2.67. The molecular formula is C10H12N2O4S. The fraction of sp³-hybridized carbons (Fsp3) is 0.500. The number of hydrogen-bond acceptors (Lipinski definition) is 5. The Morgan fingerprint density at radius 1 is 1.59 bits per heavy atom. The normalized spacial score (nSPS) is 23.6. The topological polar surface area (TPSA) is 88.5 Å². The number of nitrogens with one attached hydrogen (secondary N) is 1. The van der Waals surface area contributed by atoms with Gasteiger partial charge in [0.15, 0.2) is 0 Å². The molecule has 0 saturated carbocycles. The molecule has 0 spiro atoms. The first-order valence-corrected chi connectivity index (χ1v) is 5.99. The molecule has 0 aromatic carbocycles. The molecule has 6 nitrogen and oxygen atoms in total. The van der Waals surface area contributed by atoms with Gasteiger partial charge in [-0.2, -0.15) is 0 Å². The molecule has 0 radical (unpaired) electrons. The fourth-order valence-electron chi connectivity index (χ4n) is 1.69. The van der Waals surface area contributed by atoms with E-state index in [9.17, 15) is 9.59 Å². The minimum Gasteiger partial charge on any atom is -0.481 e. The van der Waals surface area contributed by atoms with Crippen molar-refractivity contribution < 1.29 is 19.4 Å². The van der Waals surface area contributed by atoms with E-state index in [1.54, 1.807) is 12.4 Å². The van der Waals surface area contributed by atoms with Crippen LogP contribution in [-0.2, 0) is 9.53 Å². The second-order valence-electron chi connectivity index (χ2n) is 3.83. The molecule has 0 bridgehead atoms. The molecular weight excluding hydrogens is 244 g/mol. The van der Waals surface area contributed by atoms with Crippen LogP contribution in [0.1, 0.15) is 15.4 Å². The summed E-state index contributed by atoms with van der Waals surface area (Å²) in [5.74, 6) is -1.91. The molecule has 2 unspecified atom stereocenters. The third-order valence-corrected chi connectivity index (χ3v) is 3.59. The van der Waals surface area contributed by atoms with E-state index in [2.05, 4.69) is 10.3 Å². The largest absolute Gasteiger partial charge is 0.481 e. The predicted molar refractivity (Wildman–Crippen MR) is 60.1 cm³/mol. The van der Waals surface area contributed by atoms with Gasteiger partial charge in [0.05, 0.1) is 30.5 Å². The second-order valence-corrected chi connectivity index (χ2v) is 4.68. The van der Waals surface area contributed by atoms with Crippen molar-refractivity contribution in [2.45, 2.75) is 13.0 Å². The molecule has 1 aromatic rings. The number of hydrogen-bond donors (Lipinski definition) is 2. The molecule has 2 rings (SSSR count). The number of ether oxygens (including phenoxy) is 1. The van der Waals surface area contributed by atoms with Crippen LogP contribution in [0.4, 0.5) is 0 Å². The molecule has 92 valence electrons. The number of rotatable bonds is 3. The summed E-state index contributed by atoms with van der Waals surface area (Å²) in [6.07, 6.45) is 0. The lowest BCUT2D eigenvalue weighted by molar-refractivity contribution is -0.142. The fourth-order valence-corrected chi connectivity index (χ4v) is 2.40. The van der Waals surface area contributed by atoms with E-state index in [1.807, 2.05) is 0 Å². The van der Waals surface area contributed by atoms with Crippen LogP contribution in [0.2, 0.25) is 0 Å². The third kappa shape index (κ3) is 2.45. The van der Waals surface area contributed by atoms with Crippen LogP contribution in [0, 0.1) is 12.8 Å². The van der Waals surface area contributed by atoms with E-state index >= 15 is 0 Å². The van der Waals surface area contributed by atoms with E-state index in [0.717, 1.165) is 0 Å². The quantitative estimate of drug-likeness (QED) is 0.811. The molecule has 1 fully saturated rings. The average molecular weight is 256 g/mol. The summed E-state index contributed by atoms with van der Waals surface area (Å²) in [5, 5.41) is 11.6. The van der Waals surface area contributed by atoms with Crippen LogP contribution in [0.3, 0.4) is 0 Å². The molecule has 1 aromatic heterocycles. The lowest BCUT2D eigenvalue weighted by atomic mass is 10.0. The van der Waals surface area contributed by atoms with Crippen LogP contribution in [0.5, 0.6) is 0 Å². The first-order valence-electron chi connectivity index (χ1n) is 5.11. The van der Waals surface area contributed by atoms with Gasteiger partial charge in [-0.05, 0) is 6.92 Å². The standard InChI is InChI=1S/C10H12N2O4S/c1-5-8(17-4-11-5)9(13)12-7-3-16-2-6(7)10(14)15/h4,6-7H,2-3H2,1H3,(H,12,13)(H,14,15). The molecule has 1 aliphatic rings. The van der Waals surface area contributed by atoms with Gasteiger partial charge < -0.3 is 15.2 Å². The van der Waals surface area contributed by atoms with Gasteiger partial charge in [0.2, 0.25) is 0 Å².